The summed E-state index contributed by atoms with van der Waals surface area (Å²) in [4.78, 5) is 0. The molecule has 0 saturated heterocycles. The second-order valence-electron chi connectivity index (χ2n) is 5.47. The molecule has 2 rings (SSSR count). The van der Waals surface area contributed by atoms with Gasteiger partial charge in [-0.05, 0) is 57.2 Å². The van der Waals surface area contributed by atoms with Crippen molar-refractivity contribution in [3.8, 4) is 0 Å². The highest BCUT2D eigenvalue weighted by molar-refractivity contribution is 6.31. The van der Waals surface area contributed by atoms with Crippen LogP contribution in [0.1, 0.15) is 44.6 Å². The second kappa shape index (κ2) is 7.80. The van der Waals surface area contributed by atoms with Gasteiger partial charge in [0.15, 0.2) is 0 Å². The van der Waals surface area contributed by atoms with Gasteiger partial charge in [0.05, 0.1) is 0 Å². The Balaban J connectivity index is 2.06. The Labute approximate surface area is 126 Å². The van der Waals surface area contributed by atoms with E-state index in [0.29, 0.717) is 17.0 Å². The average molecular weight is 296 g/mol. The molecule has 0 bridgehead atoms. The number of allylic oxidation sites excluding steroid dienone is 1. The summed E-state index contributed by atoms with van der Waals surface area (Å²) in [5.74, 6) is -0.196. The molecule has 0 fully saturated rings. The zero-order valence-corrected chi connectivity index (χ0v) is 12.8. The van der Waals surface area contributed by atoms with Crippen LogP contribution >= 0.6 is 11.6 Å². The molecule has 1 aliphatic rings. The Morgan fingerprint density at radius 2 is 2.15 bits per heavy atom. The summed E-state index contributed by atoms with van der Waals surface area (Å²) in [7, 11) is 0. The van der Waals surface area contributed by atoms with Crippen LogP contribution in [0.25, 0.3) is 0 Å². The van der Waals surface area contributed by atoms with E-state index in [1.807, 2.05) is 0 Å². The minimum Gasteiger partial charge on any atom is -0.314 e. The molecule has 0 spiro atoms. The van der Waals surface area contributed by atoms with Crippen molar-refractivity contribution in [3.63, 3.8) is 0 Å². The first-order valence-corrected chi connectivity index (χ1v) is 7.92. The molecule has 110 valence electrons. The normalized spacial score (nSPS) is 16.9. The molecule has 0 radical (unpaired) electrons. The molecule has 1 unspecified atom stereocenters. The quantitative estimate of drug-likeness (QED) is 0.737. The first kappa shape index (κ1) is 15.5. The van der Waals surface area contributed by atoms with E-state index in [2.05, 4.69) is 18.3 Å². The van der Waals surface area contributed by atoms with Gasteiger partial charge in [0.25, 0.3) is 0 Å². The first-order valence-electron chi connectivity index (χ1n) is 7.55. The Kier molecular flexibility index (Phi) is 6.06. The van der Waals surface area contributed by atoms with Gasteiger partial charge in [-0.1, -0.05) is 36.2 Å². The molecule has 20 heavy (non-hydrogen) atoms. The zero-order chi connectivity index (χ0) is 14.4. The third kappa shape index (κ3) is 4.32. The van der Waals surface area contributed by atoms with Gasteiger partial charge in [-0.15, -0.1) is 0 Å². The predicted molar refractivity (Wildman–Crippen MR) is 83.7 cm³/mol. The molecule has 0 heterocycles. The predicted octanol–water partition coefficient (Wildman–Crippen LogP) is 4.89. The average Bonchev–Trinajstić information content (AvgIpc) is 2.44. The molecule has 0 amide bonds. The maximum Gasteiger partial charge on any atom is 0.127 e. The summed E-state index contributed by atoms with van der Waals surface area (Å²) in [6.07, 6.45) is 8.97. The molecule has 0 aromatic heterocycles. The van der Waals surface area contributed by atoms with E-state index in [9.17, 15) is 4.39 Å². The lowest BCUT2D eigenvalue weighted by atomic mass is 9.91. The van der Waals surface area contributed by atoms with Crippen LogP contribution in [0.15, 0.2) is 29.8 Å². The van der Waals surface area contributed by atoms with Gasteiger partial charge in [0.2, 0.25) is 0 Å². The van der Waals surface area contributed by atoms with Crippen molar-refractivity contribution >= 4 is 11.6 Å². The maximum atomic E-state index is 13.9. The minimum absolute atomic E-state index is 0.196. The van der Waals surface area contributed by atoms with Crippen LogP contribution in [0.4, 0.5) is 4.39 Å². The van der Waals surface area contributed by atoms with Gasteiger partial charge in [-0.25, -0.2) is 4.39 Å². The van der Waals surface area contributed by atoms with Crippen molar-refractivity contribution in [2.75, 3.05) is 6.54 Å². The summed E-state index contributed by atoms with van der Waals surface area (Å²) in [6, 6.07) is 5.18. The summed E-state index contributed by atoms with van der Waals surface area (Å²) >= 11 is 6.13. The van der Waals surface area contributed by atoms with Crippen LogP contribution in [0.3, 0.4) is 0 Å². The Hall–Kier alpha value is -0.860. The Morgan fingerprint density at radius 1 is 1.30 bits per heavy atom. The van der Waals surface area contributed by atoms with Crippen LogP contribution in [0, 0.1) is 5.82 Å². The van der Waals surface area contributed by atoms with E-state index in [-0.39, 0.29) is 11.9 Å². The van der Waals surface area contributed by atoms with Gasteiger partial charge < -0.3 is 5.32 Å². The van der Waals surface area contributed by atoms with Crippen molar-refractivity contribution in [3.05, 3.63) is 46.3 Å². The molecular weight excluding hydrogens is 273 g/mol. The Bertz CT molecular complexity index is 450. The number of rotatable bonds is 6. The SMILES string of the molecule is CCNC(CC1=CCCCC1)Cc1c(F)cccc1Cl. The van der Waals surface area contributed by atoms with E-state index in [1.165, 1.54) is 37.3 Å². The van der Waals surface area contributed by atoms with Gasteiger partial charge in [0.1, 0.15) is 5.82 Å². The highest BCUT2D eigenvalue weighted by atomic mass is 35.5. The second-order valence-corrected chi connectivity index (χ2v) is 5.88. The zero-order valence-electron chi connectivity index (χ0n) is 12.1. The number of likely N-dealkylation sites (N-methyl/N-ethyl adjacent to an activating group) is 1. The van der Waals surface area contributed by atoms with Gasteiger partial charge in [-0.3, -0.25) is 0 Å². The topological polar surface area (TPSA) is 12.0 Å². The van der Waals surface area contributed by atoms with Crippen molar-refractivity contribution in [2.45, 2.75) is 51.5 Å². The fourth-order valence-electron chi connectivity index (χ4n) is 2.89. The fourth-order valence-corrected chi connectivity index (χ4v) is 3.13. The van der Waals surface area contributed by atoms with Crippen LogP contribution < -0.4 is 5.32 Å². The van der Waals surface area contributed by atoms with Crippen molar-refractivity contribution in [1.82, 2.24) is 5.32 Å². The largest absolute Gasteiger partial charge is 0.314 e. The smallest absolute Gasteiger partial charge is 0.127 e. The third-order valence-corrected chi connectivity index (χ3v) is 4.25. The summed E-state index contributed by atoms with van der Waals surface area (Å²) < 4.78 is 13.9. The summed E-state index contributed by atoms with van der Waals surface area (Å²) in [5, 5.41) is 4.00. The van der Waals surface area contributed by atoms with Crippen molar-refractivity contribution < 1.29 is 4.39 Å². The number of nitrogens with one attached hydrogen (secondary N) is 1. The number of hydrogen-bond donors (Lipinski definition) is 1. The molecule has 3 heteroatoms. The fraction of sp³-hybridized carbons (Fsp3) is 0.529. The van der Waals surface area contributed by atoms with Crippen molar-refractivity contribution in [2.24, 2.45) is 0 Å². The van der Waals surface area contributed by atoms with E-state index < -0.39 is 0 Å². The molecule has 1 aliphatic carbocycles. The summed E-state index contributed by atoms with van der Waals surface area (Å²) in [6.45, 7) is 2.98. The van der Waals surface area contributed by atoms with Crippen LogP contribution in [-0.4, -0.2) is 12.6 Å². The van der Waals surface area contributed by atoms with Crippen LogP contribution in [0.5, 0.6) is 0 Å². The minimum atomic E-state index is -0.196. The number of benzene rings is 1. The van der Waals surface area contributed by atoms with Crippen molar-refractivity contribution in [1.29, 1.82) is 0 Å². The molecule has 0 saturated carbocycles. The lowest BCUT2D eigenvalue weighted by Gasteiger charge is -2.22. The highest BCUT2D eigenvalue weighted by Crippen LogP contribution is 2.25. The van der Waals surface area contributed by atoms with Gasteiger partial charge in [0, 0.05) is 16.6 Å². The standard InChI is InChI=1S/C17H23ClFN/c1-2-20-14(11-13-7-4-3-5-8-13)12-15-16(18)9-6-10-17(15)19/h6-7,9-10,14,20H,2-5,8,11-12H2,1H3. The first-order chi connectivity index (χ1) is 9.70. The number of hydrogen-bond acceptors (Lipinski definition) is 1. The van der Waals surface area contributed by atoms with Crippen LogP contribution in [0.2, 0.25) is 5.02 Å². The van der Waals surface area contributed by atoms with E-state index in [1.54, 1.807) is 12.1 Å². The van der Waals surface area contributed by atoms with E-state index >= 15 is 0 Å². The van der Waals surface area contributed by atoms with E-state index in [4.69, 9.17) is 11.6 Å². The third-order valence-electron chi connectivity index (χ3n) is 3.90. The van der Waals surface area contributed by atoms with Crippen LogP contribution in [-0.2, 0) is 6.42 Å². The molecule has 0 aliphatic heterocycles. The molecule has 1 atom stereocenters. The maximum absolute atomic E-state index is 13.9. The molecule has 1 nitrogen and oxygen atoms in total. The van der Waals surface area contributed by atoms with Gasteiger partial charge >= 0.3 is 0 Å². The monoisotopic (exact) mass is 295 g/mol. The molecule has 1 aromatic carbocycles. The summed E-state index contributed by atoms with van der Waals surface area (Å²) in [5.41, 5.74) is 2.14. The lowest BCUT2D eigenvalue weighted by Crippen LogP contribution is -2.32. The highest BCUT2D eigenvalue weighted by Gasteiger charge is 2.16. The van der Waals surface area contributed by atoms with Gasteiger partial charge in [-0.2, -0.15) is 0 Å². The van der Waals surface area contributed by atoms with E-state index in [0.717, 1.165) is 13.0 Å². The molecule has 1 N–H and O–H groups in total. The molecule has 1 aromatic rings. The number of halogens is 2. The Morgan fingerprint density at radius 3 is 2.80 bits per heavy atom. The lowest BCUT2D eigenvalue weighted by molar-refractivity contribution is 0.492. The molecular formula is C17H23ClFN.